The fourth-order valence-electron chi connectivity index (χ4n) is 1.25. The molecular weight excluding hydrogens is 365 g/mol. The first-order chi connectivity index (χ1) is 8.16. The van der Waals surface area contributed by atoms with Crippen LogP contribution in [0, 0.1) is 0 Å². The van der Waals surface area contributed by atoms with Gasteiger partial charge in [0.25, 0.3) is 0 Å². The van der Waals surface area contributed by atoms with Crippen LogP contribution in [0.15, 0.2) is 60.7 Å². The zero-order valence-corrected chi connectivity index (χ0v) is 13.2. The Morgan fingerprint density at radius 3 is 1.47 bits per heavy atom. The summed E-state index contributed by atoms with van der Waals surface area (Å²) in [6, 6.07) is 19.2. The molecule has 0 radical (unpaired) electrons. The molecule has 0 unspecified atom stereocenters. The molecule has 0 aliphatic rings. The predicted molar refractivity (Wildman–Crippen MR) is 73.5 cm³/mol. The molecule has 0 saturated heterocycles. The summed E-state index contributed by atoms with van der Waals surface area (Å²) >= 11 is -0.686. The van der Waals surface area contributed by atoms with Gasteiger partial charge in [-0.25, -0.2) is 0 Å². The van der Waals surface area contributed by atoms with Crippen molar-refractivity contribution < 1.29 is 9.46 Å². The van der Waals surface area contributed by atoms with Crippen LogP contribution in [0.2, 0.25) is 0 Å². The molecule has 2 rings (SSSR count). The number of benzene rings is 2. The fourth-order valence-corrected chi connectivity index (χ4v) is 14.7. The molecule has 0 saturated carbocycles. The molecule has 1 N–H and O–H groups in total. The second-order valence-electron chi connectivity index (χ2n) is 3.28. The third-order valence-electron chi connectivity index (χ3n) is 1.93. The van der Waals surface area contributed by atoms with Gasteiger partial charge in [0.2, 0.25) is 0 Å². The van der Waals surface area contributed by atoms with Gasteiger partial charge in [0, 0.05) is 0 Å². The quantitative estimate of drug-likeness (QED) is 0.642. The number of hydrogen-bond donors (Lipinski definition) is 1. The molecule has 2 aromatic carbocycles. The van der Waals surface area contributed by atoms with Crippen molar-refractivity contribution in [3.05, 3.63) is 60.7 Å². The Balaban J connectivity index is 2.07. The van der Waals surface area contributed by atoms with Crippen molar-refractivity contribution in [1.82, 2.24) is 0 Å². The maximum atomic E-state index is 12.2. The molecule has 88 valence electrons. The normalized spacial score (nSPS) is 11.4. The monoisotopic (exact) mass is 378 g/mol. The van der Waals surface area contributed by atoms with Crippen LogP contribution in [-0.4, -0.2) is 33.9 Å². The summed E-state index contributed by atoms with van der Waals surface area (Å²) in [6.45, 7) is 0. The van der Waals surface area contributed by atoms with E-state index in [4.69, 9.17) is 0 Å². The maximum absolute atomic E-state index is 12.2. The van der Waals surface area contributed by atoms with Crippen molar-refractivity contribution in [2.45, 2.75) is 0 Å². The Hall–Kier alpha value is -0.331. The minimum absolute atomic E-state index is 0.343. The molecule has 0 bridgehead atoms. The Morgan fingerprint density at radius 1 is 0.765 bits per heavy atom. The molecule has 17 heavy (non-hydrogen) atoms. The summed E-state index contributed by atoms with van der Waals surface area (Å²) in [5, 5.41) is 0. The van der Waals surface area contributed by atoms with Crippen LogP contribution in [0.4, 0.5) is 0 Å². The van der Waals surface area contributed by atoms with Crippen LogP contribution >= 0.6 is 4.75 Å². The summed E-state index contributed by atoms with van der Waals surface area (Å²) in [7, 11) is 0. The van der Waals surface area contributed by atoms with E-state index in [9.17, 15) is 9.46 Å². The molecule has 0 spiro atoms. The minimum atomic E-state index is -3.01. The van der Waals surface area contributed by atoms with E-state index in [1.807, 2.05) is 60.7 Å². The first-order valence-corrected chi connectivity index (χ1v) is 12.8. The summed E-state index contributed by atoms with van der Waals surface area (Å²) < 4.78 is 11.1. The first kappa shape index (κ1) is 13.1. The molecule has 0 amide bonds. The molecule has 0 fully saturated rings. The number of rotatable bonds is 4. The second-order valence-corrected chi connectivity index (χ2v) is 18.6. The Bertz CT molecular complexity index is 471. The van der Waals surface area contributed by atoms with Crippen molar-refractivity contribution in [1.29, 1.82) is 0 Å². The van der Waals surface area contributed by atoms with Gasteiger partial charge >= 0.3 is 113 Å². The van der Waals surface area contributed by atoms with Gasteiger partial charge in [0.1, 0.15) is 0 Å². The molecule has 0 heterocycles. The molecule has 0 aliphatic heterocycles. The van der Waals surface area contributed by atoms with Crippen molar-refractivity contribution >= 4 is 42.7 Å². The summed E-state index contributed by atoms with van der Waals surface area (Å²) in [6.07, 6.45) is 0. The van der Waals surface area contributed by atoms with Gasteiger partial charge in [-0.2, -0.15) is 0 Å². The van der Waals surface area contributed by atoms with E-state index in [0.717, 1.165) is 8.92 Å². The third kappa shape index (κ3) is 4.44. The molecular formula is C12H11O2PSe2. The fraction of sp³-hybridized carbons (Fsp3) is 0. The van der Waals surface area contributed by atoms with E-state index in [1.54, 1.807) is 0 Å². The molecule has 2 nitrogen and oxygen atoms in total. The Kier molecular flexibility index (Phi) is 4.64. The molecule has 0 aliphatic carbocycles. The van der Waals surface area contributed by atoms with E-state index < -0.39 is 4.75 Å². The van der Waals surface area contributed by atoms with Gasteiger partial charge in [0.05, 0.1) is 0 Å². The van der Waals surface area contributed by atoms with Crippen molar-refractivity contribution in [3.63, 3.8) is 0 Å². The van der Waals surface area contributed by atoms with E-state index >= 15 is 0 Å². The van der Waals surface area contributed by atoms with Gasteiger partial charge in [-0.3, -0.25) is 0 Å². The zero-order chi connectivity index (χ0) is 12.1. The van der Waals surface area contributed by atoms with Gasteiger partial charge in [-0.15, -0.1) is 0 Å². The van der Waals surface area contributed by atoms with E-state index in [-0.39, 0.29) is 29.0 Å². The van der Waals surface area contributed by atoms with Crippen LogP contribution in [0.1, 0.15) is 0 Å². The van der Waals surface area contributed by atoms with E-state index in [0.29, 0.717) is 0 Å². The van der Waals surface area contributed by atoms with E-state index in [2.05, 4.69) is 0 Å². The van der Waals surface area contributed by atoms with Crippen LogP contribution in [0.5, 0.6) is 0 Å². The van der Waals surface area contributed by atoms with Gasteiger partial charge in [-0.05, 0) is 0 Å². The molecule has 0 atom stereocenters. The number of hydrogen-bond acceptors (Lipinski definition) is 1. The van der Waals surface area contributed by atoms with Crippen molar-refractivity contribution in [2.75, 3.05) is 0 Å². The third-order valence-corrected chi connectivity index (χ3v) is 14.4. The Labute approximate surface area is 112 Å². The summed E-state index contributed by atoms with van der Waals surface area (Å²) in [5.41, 5.74) is 0. The molecule has 5 heteroatoms. The Morgan fingerprint density at radius 2 is 1.12 bits per heavy atom. The SMILES string of the molecule is O=P(O)([Se]c1ccccc1)[Se]c1ccccc1. The van der Waals surface area contributed by atoms with Gasteiger partial charge < -0.3 is 0 Å². The van der Waals surface area contributed by atoms with Crippen molar-refractivity contribution in [3.8, 4) is 0 Å². The second kappa shape index (κ2) is 6.02. The van der Waals surface area contributed by atoms with Crippen LogP contribution in [-0.2, 0) is 4.57 Å². The van der Waals surface area contributed by atoms with Crippen molar-refractivity contribution in [2.24, 2.45) is 0 Å². The standard InChI is InChI=1S/C12H11O2PSe2/c13-15(14,16-11-7-3-1-4-8-11)17-12-9-5-2-6-10-12/h1-10H,(H,13,14). The summed E-state index contributed by atoms with van der Waals surface area (Å²) in [4.78, 5) is 10.0. The van der Waals surface area contributed by atoms with E-state index in [1.165, 1.54) is 0 Å². The van der Waals surface area contributed by atoms with Gasteiger partial charge in [0.15, 0.2) is 0 Å². The van der Waals surface area contributed by atoms with Crippen LogP contribution in [0.25, 0.3) is 0 Å². The first-order valence-electron chi connectivity index (χ1n) is 4.98. The molecule has 0 aromatic heterocycles. The predicted octanol–water partition coefficient (Wildman–Crippen LogP) is 1.15. The van der Waals surface area contributed by atoms with Crippen LogP contribution < -0.4 is 8.92 Å². The van der Waals surface area contributed by atoms with Gasteiger partial charge in [-0.1, -0.05) is 0 Å². The topological polar surface area (TPSA) is 37.3 Å². The summed E-state index contributed by atoms with van der Waals surface area (Å²) in [5.74, 6) is 0. The average molecular weight is 376 g/mol. The molecule has 2 aromatic rings. The average Bonchev–Trinajstić information content (AvgIpc) is 2.30. The zero-order valence-electron chi connectivity index (χ0n) is 8.89. The van der Waals surface area contributed by atoms with Crippen LogP contribution in [0.3, 0.4) is 0 Å².